The molecule has 1 saturated carbocycles. The molecule has 0 aromatic carbocycles. The normalized spacial score (nSPS) is 20.6. The fraction of sp³-hybridized carbons (Fsp3) is 0.667. The second-order valence-corrected chi connectivity index (χ2v) is 1.73. The van der Waals surface area contributed by atoms with Gasteiger partial charge in [-0.25, -0.2) is 25.7 Å². The molecule has 39 valence electrons. The Bertz CT molecular complexity index is 19.7. The van der Waals surface area contributed by atoms with E-state index in [0.29, 0.717) is 0 Å². The zero-order valence-electron chi connectivity index (χ0n) is 4.43. The summed E-state index contributed by atoms with van der Waals surface area (Å²) < 4.78 is 0. The van der Waals surface area contributed by atoms with E-state index in [-0.39, 0.29) is 18.6 Å². The first-order chi connectivity index (χ1) is 3.00. The van der Waals surface area contributed by atoms with Crippen LogP contribution in [0.15, 0.2) is 0 Å². The molecule has 0 heterocycles. The van der Waals surface area contributed by atoms with Gasteiger partial charge in [0.1, 0.15) is 0 Å². The van der Waals surface area contributed by atoms with Crippen LogP contribution >= 0.6 is 0 Å². The Labute approximate surface area is 57.6 Å². The van der Waals surface area contributed by atoms with Gasteiger partial charge >= 0.3 is 18.6 Å². The van der Waals surface area contributed by atoms with Crippen molar-refractivity contribution in [2.45, 2.75) is 25.7 Å². The number of hydrogen-bond donors (Lipinski definition) is 0. The molecule has 7 heavy (non-hydrogen) atoms. The second-order valence-electron chi connectivity index (χ2n) is 1.73. The summed E-state index contributed by atoms with van der Waals surface area (Å²) in [5, 5.41) is 0. The quantitative estimate of drug-likeness (QED) is 0.443. The predicted molar refractivity (Wildman–Crippen MR) is 27.1 cm³/mol. The molecule has 0 aliphatic heterocycles. The molecule has 0 aromatic rings. The van der Waals surface area contributed by atoms with Crippen molar-refractivity contribution >= 4 is 0 Å². The minimum Gasteiger partial charge on any atom is -0.333 e. The Balaban J connectivity index is 0.000000360. The molecule has 1 rings (SSSR count). The van der Waals surface area contributed by atoms with Gasteiger partial charge in [0.2, 0.25) is 0 Å². The Morgan fingerprint density at radius 1 is 0.714 bits per heavy atom. The van der Waals surface area contributed by atoms with Crippen molar-refractivity contribution in [2.75, 3.05) is 0 Å². The standard InChI is InChI=1S/C6H10.V/c1-2-4-6-5-3-1;/h1,6H,2-5H2;/q-2;+2. The molecular weight excluding hydrogens is 123 g/mol. The summed E-state index contributed by atoms with van der Waals surface area (Å²) in [4.78, 5) is 0. The predicted octanol–water partition coefficient (Wildman–Crippen LogP) is 1.97. The van der Waals surface area contributed by atoms with Gasteiger partial charge in [-0.15, -0.1) is 0 Å². The molecule has 0 amide bonds. The Kier molecular flexibility index (Phi) is 5.13. The summed E-state index contributed by atoms with van der Waals surface area (Å²) in [6, 6.07) is 0. The zero-order valence-corrected chi connectivity index (χ0v) is 5.83. The van der Waals surface area contributed by atoms with E-state index >= 15 is 0 Å². The van der Waals surface area contributed by atoms with Crippen LogP contribution in [-0.4, -0.2) is 0 Å². The van der Waals surface area contributed by atoms with Crippen molar-refractivity contribution < 1.29 is 18.6 Å². The number of rotatable bonds is 0. The third-order valence-corrected chi connectivity index (χ3v) is 1.15. The van der Waals surface area contributed by atoms with Crippen LogP contribution in [0.3, 0.4) is 0 Å². The SMILES string of the molecule is [CH-]1CC[CH-]CC1.[V+2]. The van der Waals surface area contributed by atoms with E-state index in [0.717, 1.165) is 0 Å². The summed E-state index contributed by atoms with van der Waals surface area (Å²) >= 11 is 0. The summed E-state index contributed by atoms with van der Waals surface area (Å²) in [5.41, 5.74) is 0. The molecule has 1 heteroatoms. The van der Waals surface area contributed by atoms with Crippen molar-refractivity contribution in [1.29, 1.82) is 0 Å². The van der Waals surface area contributed by atoms with Crippen LogP contribution in [0.1, 0.15) is 25.7 Å². The van der Waals surface area contributed by atoms with E-state index in [4.69, 9.17) is 0 Å². The second kappa shape index (κ2) is 4.74. The van der Waals surface area contributed by atoms with Crippen molar-refractivity contribution in [3.05, 3.63) is 12.8 Å². The number of hydrogen-bond acceptors (Lipinski definition) is 0. The summed E-state index contributed by atoms with van der Waals surface area (Å²) in [5.74, 6) is 0. The van der Waals surface area contributed by atoms with Crippen LogP contribution in [0.5, 0.6) is 0 Å². The zero-order chi connectivity index (χ0) is 4.24. The van der Waals surface area contributed by atoms with Gasteiger partial charge in [0.15, 0.2) is 0 Å². The van der Waals surface area contributed by atoms with Crippen molar-refractivity contribution in [3.8, 4) is 0 Å². The van der Waals surface area contributed by atoms with Crippen LogP contribution in [0.25, 0.3) is 0 Å². The minimum absolute atomic E-state index is 0. The van der Waals surface area contributed by atoms with Gasteiger partial charge in [-0.05, 0) is 0 Å². The van der Waals surface area contributed by atoms with Crippen LogP contribution in [0.2, 0.25) is 0 Å². The fourth-order valence-electron chi connectivity index (χ4n) is 0.760. The van der Waals surface area contributed by atoms with Crippen LogP contribution in [-0.2, 0) is 18.6 Å². The molecule has 0 saturated heterocycles. The van der Waals surface area contributed by atoms with E-state index < -0.39 is 0 Å². The topological polar surface area (TPSA) is 0 Å². The third kappa shape index (κ3) is 3.19. The van der Waals surface area contributed by atoms with Crippen molar-refractivity contribution in [1.82, 2.24) is 0 Å². The summed E-state index contributed by atoms with van der Waals surface area (Å²) in [6.07, 6.45) is 10.0. The largest absolute Gasteiger partial charge is 2.00 e. The molecule has 0 spiro atoms. The first-order valence-corrected chi connectivity index (χ1v) is 2.63. The van der Waals surface area contributed by atoms with E-state index in [1.807, 2.05) is 0 Å². The minimum atomic E-state index is 0. The maximum absolute atomic E-state index is 2.36. The molecule has 0 bridgehead atoms. The molecule has 1 aliphatic rings. The van der Waals surface area contributed by atoms with Crippen LogP contribution < -0.4 is 0 Å². The molecule has 0 atom stereocenters. The summed E-state index contributed by atoms with van der Waals surface area (Å²) in [7, 11) is 0. The van der Waals surface area contributed by atoms with Crippen molar-refractivity contribution in [3.63, 3.8) is 0 Å². The fourth-order valence-corrected chi connectivity index (χ4v) is 0.760. The molecule has 1 radical (unpaired) electrons. The molecule has 1 aliphatic carbocycles. The van der Waals surface area contributed by atoms with Crippen molar-refractivity contribution in [2.24, 2.45) is 0 Å². The first kappa shape index (κ1) is 7.58. The van der Waals surface area contributed by atoms with E-state index in [1.165, 1.54) is 25.7 Å². The molecule has 0 unspecified atom stereocenters. The molecule has 0 N–H and O–H groups in total. The first-order valence-electron chi connectivity index (χ1n) is 2.63. The third-order valence-electron chi connectivity index (χ3n) is 1.15. The van der Waals surface area contributed by atoms with Gasteiger partial charge in [-0.1, -0.05) is 0 Å². The van der Waals surface area contributed by atoms with Crippen LogP contribution in [0, 0.1) is 12.8 Å². The monoisotopic (exact) mass is 133 g/mol. The van der Waals surface area contributed by atoms with E-state index in [9.17, 15) is 0 Å². The average Bonchev–Trinajstić information content (AvgIpc) is 1.72. The van der Waals surface area contributed by atoms with Gasteiger partial charge in [-0.2, -0.15) is 0 Å². The molecule has 0 aromatic heterocycles. The Hall–Kier alpha value is 0.584. The van der Waals surface area contributed by atoms with Gasteiger partial charge in [-0.3, -0.25) is 0 Å². The van der Waals surface area contributed by atoms with Gasteiger partial charge in [0.05, 0.1) is 0 Å². The molecular formula is C6H10V. The van der Waals surface area contributed by atoms with Gasteiger partial charge in [0, 0.05) is 0 Å². The molecule has 1 fully saturated rings. The Morgan fingerprint density at radius 2 is 1.00 bits per heavy atom. The van der Waals surface area contributed by atoms with E-state index in [1.54, 1.807) is 0 Å². The van der Waals surface area contributed by atoms with E-state index in [2.05, 4.69) is 12.8 Å². The van der Waals surface area contributed by atoms with Crippen LogP contribution in [0.4, 0.5) is 0 Å². The maximum atomic E-state index is 2.36. The summed E-state index contributed by atoms with van der Waals surface area (Å²) in [6.45, 7) is 0. The molecule has 0 nitrogen and oxygen atoms in total. The van der Waals surface area contributed by atoms with Gasteiger partial charge < -0.3 is 12.8 Å². The average molecular weight is 133 g/mol. The maximum Gasteiger partial charge on any atom is 2.00 e. The van der Waals surface area contributed by atoms with Gasteiger partial charge in [0.25, 0.3) is 0 Å². The Morgan fingerprint density at radius 3 is 1.14 bits per heavy atom. The smallest absolute Gasteiger partial charge is 0.333 e.